The van der Waals surface area contributed by atoms with E-state index in [-0.39, 0.29) is 18.0 Å². The molecule has 1 fully saturated rings. The number of nitrogens with zero attached hydrogens (tertiary/aromatic N) is 2. The normalized spacial score (nSPS) is 18.5. The molecule has 2 rings (SSSR count). The van der Waals surface area contributed by atoms with Crippen LogP contribution in [0.1, 0.15) is 19.8 Å². The Morgan fingerprint density at radius 3 is 2.43 bits per heavy atom. The molecule has 7 nitrogen and oxygen atoms in total. The number of hydrogen-bond donors (Lipinski definition) is 1. The van der Waals surface area contributed by atoms with Crippen LogP contribution >= 0.6 is 0 Å². The number of sulfonamides is 1. The van der Waals surface area contributed by atoms with Gasteiger partial charge in [-0.05, 0) is 43.7 Å². The SMILES string of the molecule is CCCN(CCN1CCC(C(=O)O)C1)S(=O)(=O)c1ccc(OC(F)(F)F)cc1. The lowest BCUT2D eigenvalue weighted by molar-refractivity contribution is -0.274. The van der Waals surface area contributed by atoms with Crippen molar-refractivity contribution in [3.63, 3.8) is 0 Å². The van der Waals surface area contributed by atoms with Crippen molar-refractivity contribution in [1.29, 1.82) is 0 Å². The molecule has 1 N–H and O–H groups in total. The van der Waals surface area contributed by atoms with Crippen LogP contribution in [0.15, 0.2) is 29.2 Å². The summed E-state index contributed by atoms with van der Waals surface area (Å²) in [5.41, 5.74) is 0. The molecule has 1 aliphatic heterocycles. The third-order valence-corrected chi connectivity index (χ3v) is 6.37. The van der Waals surface area contributed by atoms with Crippen molar-refractivity contribution >= 4 is 16.0 Å². The van der Waals surface area contributed by atoms with Crippen LogP contribution in [0.2, 0.25) is 0 Å². The van der Waals surface area contributed by atoms with E-state index in [2.05, 4.69) is 4.74 Å². The Balaban J connectivity index is 2.05. The maximum atomic E-state index is 12.8. The molecule has 28 heavy (non-hydrogen) atoms. The molecular formula is C17H23F3N2O5S. The summed E-state index contributed by atoms with van der Waals surface area (Å²) >= 11 is 0. The molecule has 0 saturated carbocycles. The topological polar surface area (TPSA) is 87.2 Å². The van der Waals surface area contributed by atoms with Crippen LogP contribution in [0.5, 0.6) is 5.75 Å². The molecule has 1 unspecified atom stereocenters. The lowest BCUT2D eigenvalue weighted by Crippen LogP contribution is -2.38. The first kappa shape index (κ1) is 22.4. The molecule has 1 atom stereocenters. The lowest BCUT2D eigenvalue weighted by atomic mass is 10.1. The summed E-state index contributed by atoms with van der Waals surface area (Å²) in [6, 6.07) is 4.08. The highest BCUT2D eigenvalue weighted by atomic mass is 32.2. The van der Waals surface area contributed by atoms with Crippen LogP contribution in [-0.2, 0) is 14.8 Å². The van der Waals surface area contributed by atoms with Crippen LogP contribution in [0.3, 0.4) is 0 Å². The minimum absolute atomic E-state index is 0.125. The first-order chi connectivity index (χ1) is 13.0. The van der Waals surface area contributed by atoms with Gasteiger partial charge in [0.2, 0.25) is 10.0 Å². The number of carbonyl (C=O) groups is 1. The fourth-order valence-corrected chi connectivity index (χ4v) is 4.58. The summed E-state index contributed by atoms with van der Waals surface area (Å²) < 4.78 is 67.4. The van der Waals surface area contributed by atoms with Crippen LogP contribution in [0.25, 0.3) is 0 Å². The van der Waals surface area contributed by atoms with E-state index in [1.54, 1.807) is 0 Å². The van der Waals surface area contributed by atoms with E-state index in [1.807, 2.05) is 11.8 Å². The molecule has 1 heterocycles. The number of carboxylic acids is 1. The minimum atomic E-state index is -4.85. The van der Waals surface area contributed by atoms with Gasteiger partial charge >= 0.3 is 12.3 Å². The van der Waals surface area contributed by atoms with Crippen molar-refractivity contribution in [2.75, 3.05) is 32.7 Å². The van der Waals surface area contributed by atoms with Gasteiger partial charge in [0.15, 0.2) is 0 Å². The summed E-state index contributed by atoms with van der Waals surface area (Å²) in [7, 11) is -3.89. The monoisotopic (exact) mass is 424 g/mol. The Bertz CT molecular complexity index is 768. The number of aliphatic carboxylic acids is 1. The van der Waals surface area contributed by atoms with Gasteiger partial charge in [-0.1, -0.05) is 6.92 Å². The van der Waals surface area contributed by atoms with Gasteiger partial charge in [0.05, 0.1) is 10.8 Å². The van der Waals surface area contributed by atoms with Crippen LogP contribution in [0, 0.1) is 5.92 Å². The molecule has 11 heteroatoms. The highest BCUT2D eigenvalue weighted by Crippen LogP contribution is 2.25. The standard InChI is InChI=1S/C17H23F3N2O5S/c1-2-8-22(11-10-21-9-7-13(12-21)16(23)24)28(25,26)15-5-3-14(4-6-15)27-17(18,19)20/h3-6,13H,2,7-12H2,1H3,(H,23,24). The van der Waals surface area contributed by atoms with Gasteiger partial charge in [-0.15, -0.1) is 13.2 Å². The summed E-state index contributed by atoms with van der Waals surface area (Å²) in [4.78, 5) is 12.8. The quantitative estimate of drug-likeness (QED) is 0.655. The van der Waals surface area contributed by atoms with Gasteiger partial charge in [-0.2, -0.15) is 4.31 Å². The van der Waals surface area contributed by atoms with Crippen molar-refractivity contribution in [2.24, 2.45) is 5.92 Å². The average molecular weight is 424 g/mol. The molecule has 1 aromatic carbocycles. The maximum Gasteiger partial charge on any atom is 0.573 e. The summed E-state index contributed by atoms with van der Waals surface area (Å²) in [6.45, 7) is 3.58. The molecule has 1 saturated heterocycles. The number of likely N-dealkylation sites (tertiary alicyclic amines) is 1. The van der Waals surface area contributed by atoms with Crippen LogP contribution < -0.4 is 4.74 Å². The van der Waals surface area contributed by atoms with Crippen LogP contribution in [0.4, 0.5) is 13.2 Å². The molecule has 0 aromatic heterocycles. The third-order valence-electron chi connectivity index (χ3n) is 4.46. The average Bonchev–Trinajstić information content (AvgIpc) is 3.07. The second kappa shape index (κ2) is 9.10. The third kappa shape index (κ3) is 6.08. The van der Waals surface area contributed by atoms with Crippen molar-refractivity contribution in [1.82, 2.24) is 9.21 Å². The van der Waals surface area contributed by atoms with Gasteiger partial charge in [-0.3, -0.25) is 4.79 Å². The molecular weight excluding hydrogens is 401 g/mol. The van der Waals surface area contributed by atoms with E-state index >= 15 is 0 Å². The van der Waals surface area contributed by atoms with Crippen molar-refractivity contribution in [3.05, 3.63) is 24.3 Å². The zero-order chi connectivity index (χ0) is 20.9. The van der Waals surface area contributed by atoms with E-state index in [0.717, 1.165) is 24.3 Å². The fraction of sp³-hybridized carbons (Fsp3) is 0.588. The molecule has 0 bridgehead atoms. The smallest absolute Gasteiger partial charge is 0.481 e. The van der Waals surface area contributed by atoms with E-state index in [4.69, 9.17) is 5.11 Å². The molecule has 0 amide bonds. The minimum Gasteiger partial charge on any atom is -0.481 e. The van der Waals surface area contributed by atoms with Gasteiger partial charge in [-0.25, -0.2) is 8.42 Å². The van der Waals surface area contributed by atoms with Crippen molar-refractivity contribution in [2.45, 2.75) is 31.0 Å². The van der Waals surface area contributed by atoms with E-state index in [9.17, 15) is 26.4 Å². The molecule has 158 valence electrons. The Morgan fingerprint density at radius 1 is 1.29 bits per heavy atom. The predicted octanol–water partition coefficient (Wildman–Crippen LogP) is 2.39. The number of alkyl halides is 3. The predicted molar refractivity (Wildman–Crippen MR) is 94.4 cm³/mol. The zero-order valence-corrected chi connectivity index (χ0v) is 16.2. The highest BCUT2D eigenvalue weighted by Gasteiger charge is 2.32. The molecule has 0 spiro atoms. The van der Waals surface area contributed by atoms with Crippen LogP contribution in [-0.4, -0.2) is 67.8 Å². The molecule has 0 radical (unpaired) electrons. The van der Waals surface area contributed by atoms with E-state index < -0.39 is 34.0 Å². The van der Waals surface area contributed by atoms with Gasteiger partial charge in [0.1, 0.15) is 5.75 Å². The van der Waals surface area contributed by atoms with Crippen molar-refractivity contribution < 1.29 is 36.2 Å². The summed E-state index contributed by atoms with van der Waals surface area (Å²) in [6.07, 6.45) is -3.76. The second-order valence-corrected chi connectivity index (χ2v) is 8.49. The first-order valence-electron chi connectivity index (χ1n) is 8.84. The Morgan fingerprint density at radius 2 is 1.93 bits per heavy atom. The van der Waals surface area contributed by atoms with Gasteiger partial charge in [0.25, 0.3) is 0 Å². The Labute approximate surface area is 161 Å². The van der Waals surface area contributed by atoms with E-state index in [0.29, 0.717) is 32.5 Å². The number of halogens is 3. The number of hydrogen-bond acceptors (Lipinski definition) is 5. The Kier molecular flexibility index (Phi) is 7.29. The molecule has 1 aromatic rings. The summed E-state index contributed by atoms with van der Waals surface area (Å²) in [5, 5.41) is 9.05. The Hall–Kier alpha value is -1.85. The fourth-order valence-electron chi connectivity index (χ4n) is 3.05. The van der Waals surface area contributed by atoms with Gasteiger partial charge in [0, 0.05) is 26.2 Å². The zero-order valence-electron chi connectivity index (χ0n) is 15.4. The number of ether oxygens (including phenoxy) is 1. The van der Waals surface area contributed by atoms with Gasteiger partial charge < -0.3 is 14.7 Å². The van der Waals surface area contributed by atoms with Crippen molar-refractivity contribution in [3.8, 4) is 5.75 Å². The first-order valence-corrected chi connectivity index (χ1v) is 10.3. The largest absolute Gasteiger partial charge is 0.573 e. The summed E-state index contributed by atoms with van der Waals surface area (Å²) in [5.74, 6) is -1.80. The molecule has 1 aliphatic rings. The number of carboxylic acid groups (broad SMARTS) is 1. The number of rotatable bonds is 9. The lowest BCUT2D eigenvalue weighted by Gasteiger charge is -2.24. The number of benzene rings is 1. The highest BCUT2D eigenvalue weighted by molar-refractivity contribution is 7.89. The molecule has 0 aliphatic carbocycles. The second-order valence-electron chi connectivity index (χ2n) is 6.55. The van der Waals surface area contributed by atoms with E-state index in [1.165, 1.54) is 4.31 Å². The maximum absolute atomic E-state index is 12.8.